The summed E-state index contributed by atoms with van der Waals surface area (Å²) in [6.45, 7) is 3.22. The Labute approximate surface area is 125 Å². The number of carbonyl (C=O) groups excluding carboxylic acids is 1. The van der Waals surface area contributed by atoms with E-state index in [4.69, 9.17) is 5.73 Å². The van der Waals surface area contributed by atoms with Gasteiger partial charge in [0.25, 0.3) is 0 Å². The van der Waals surface area contributed by atoms with Crippen molar-refractivity contribution >= 4 is 5.91 Å². The molecule has 0 saturated carbocycles. The minimum atomic E-state index is -0.179. The summed E-state index contributed by atoms with van der Waals surface area (Å²) in [6, 6.07) is -0.0766. The molecule has 3 nitrogen and oxygen atoms in total. The van der Waals surface area contributed by atoms with Crippen molar-refractivity contribution < 1.29 is 4.79 Å². The second-order valence-corrected chi connectivity index (χ2v) is 6.42. The van der Waals surface area contributed by atoms with Gasteiger partial charge in [0, 0.05) is 0 Å². The van der Waals surface area contributed by atoms with Gasteiger partial charge < -0.3 is 11.1 Å². The van der Waals surface area contributed by atoms with Gasteiger partial charge in [0.1, 0.15) is 0 Å². The number of hydrogen-bond donors (Lipinski definition) is 2. The standard InChI is InChI=1S/C17H34N2O/c1-2-3-4-5-6-7-8-9-10-11-15-12-13-19-16(14-15)17(18)20/h15-16,19H,2-14H2,1H3,(H2,18,20). The number of carbonyl (C=O) groups is 1. The van der Waals surface area contributed by atoms with E-state index in [0.717, 1.165) is 13.0 Å². The summed E-state index contributed by atoms with van der Waals surface area (Å²) in [7, 11) is 0. The van der Waals surface area contributed by atoms with Crippen LogP contribution in [0, 0.1) is 5.92 Å². The molecule has 1 aliphatic rings. The number of hydrogen-bond acceptors (Lipinski definition) is 2. The van der Waals surface area contributed by atoms with E-state index in [2.05, 4.69) is 12.2 Å². The number of nitrogens with two attached hydrogens (primary N) is 1. The SMILES string of the molecule is CCCCCCCCCCCC1CCNC(C(N)=O)C1. The van der Waals surface area contributed by atoms with Gasteiger partial charge >= 0.3 is 0 Å². The number of unbranched alkanes of at least 4 members (excludes halogenated alkanes) is 8. The van der Waals surface area contributed by atoms with Crippen LogP contribution in [-0.2, 0) is 4.79 Å². The highest BCUT2D eigenvalue weighted by atomic mass is 16.1. The Morgan fingerprint density at radius 2 is 1.65 bits per heavy atom. The van der Waals surface area contributed by atoms with Gasteiger partial charge in [-0.25, -0.2) is 0 Å². The number of amides is 1. The quantitative estimate of drug-likeness (QED) is 0.567. The van der Waals surface area contributed by atoms with Gasteiger partial charge in [0.15, 0.2) is 0 Å². The Morgan fingerprint density at radius 1 is 1.05 bits per heavy atom. The van der Waals surface area contributed by atoms with Crippen molar-refractivity contribution in [3.8, 4) is 0 Å². The van der Waals surface area contributed by atoms with Crippen molar-refractivity contribution in [2.45, 2.75) is 90.0 Å². The lowest BCUT2D eigenvalue weighted by molar-refractivity contribution is -0.120. The van der Waals surface area contributed by atoms with Gasteiger partial charge in [-0.3, -0.25) is 4.79 Å². The van der Waals surface area contributed by atoms with Gasteiger partial charge in [-0.05, 0) is 25.3 Å². The monoisotopic (exact) mass is 282 g/mol. The van der Waals surface area contributed by atoms with Crippen molar-refractivity contribution in [2.24, 2.45) is 11.7 Å². The van der Waals surface area contributed by atoms with Crippen LogP contribution >= 0.6 is 0 Å². The van der Waals surface area contributed by atoms with Crippen molar-refractivity contribution in [2.75, 3.05) is 6.54 Å². The maximum atomic E-state index is 11.2. The largest absolute Gasteiger partial charge is 0.368 e. The maximum absolute atomic E-state index is 11.2. The molecule has 1 rings (SSSR count). The van der Waals surface area contributed by atoms with E-state index in [1.807, 2.05) is 0 Å². The molecule has 3 N–H and O–H groups in total. The third-order valence-corrected chi connectivity index (χ3v) is 4.57. The van der Waals surface area contributed by atoms with Crippen molar-refractivity contribution in [1.29, 1.82) is 0 Å². The van der Waals surface area contributed by atoms with Crippen LogP contribution in [0.15, 0.2) is 0 Å². The Hall–Kier alpha value is -0.570. The summed E-state index contributed by atoms with van der Waals surface area (Å²) >= 11 is 0. The summed E-state index contributed by atoms with van der Waals surface area (Å²) in [5.74, 6) is 0.528. The Balaban J connectivity index is 1.92. The third kappa shape index (κ3) is 7.88. The summed E-state index contributed by atoms with van der Waals surface area (Å²) in [5, 5.41) is 3.21. The molecule has 1 amide bonds. The predicted molar refractivity (Wildman–Crippen MR) is 85.6 cm³/mol. The number of rotatable bonds is 11. The van der Waals surface area contributed by atoms with E-state index in [1.165, 1.54) is 70.6 Å². The van der Waals surface area contributed by atoms with Crippen molar-refractivity contribution in [1.82, 2.24) is 5.32 Å². The number of primary amides is 1. The lowest BCUT2D eigenvalue weighted by Gasteiger charge is -2.28. The minimum absolute atomic E-state index is 0.0766. The molecule has 0 radical (unpaired) electrons. The molecule has 2 unspecified atom stereocenters. The first-order valence-corrected chi connectivity index (χ1v) is 8.76. The molecule has 1 heterocycles. The van der Waals surface area contributed by atoms with E-state index in [0.29, 0.717) is 5.92 Å². The molecule has 2 atom stereocenters. The second kappa shape index (κ2) is 11.1. The van der Waals surface area contributed by atoms with E-state index < -0.39 is 0 Å². The van der Waals surface area contributed by atoms with Gasteiger partial charge in [-0.1, -0.05) is 71.1 Å². The molecule has 0 bridgehead atoms. The first kappa shape index (κ1) is 17.5. The van der Waals surface area contributed by atoms with Crippen LogP contribution in [0.2, 0.25) is 0 Å². The van der Waals surface area contributed by atoms with Crippen LogP contribution in [0.4, 0.5) is 0 Å². The molecule has 0 spiro atoms. The average molecular weight is 282 g/mol. The highest BCUT2D eigenvalue weighted by molar-refractivity contribution is 5.79. The Morgan fingerprint density at radius 3 is 2.25 bits per heavy atom. The van der Waals surface area contributed by atoms with Gasteiger partial charge in [0.05, 0.1) is 6.04 Å². The minimum Gasteiger partial charge on any atom is -0.368 e. The van der Waals surface area contributed by atoms with Crippen LogP contribution in [0.1, 0.15) is 84.0 Å². The summed E-state index contributed by atoms with van der Waals surface area (Å²) < 4.78 is 0. The summed E-state index contributed by atoms with van der Waals surface area (Å²) in [6.07, 6.45) is 15.9. The van der Waals surface area contributed by atoms with E-state index >= 15 is 0 Å². The van der Waals surface area contributed by atoms with Gasteiger partial charge in [0.2, 0.25) is 5.91 Å². The van der Waals surface area contributed by atoms with Gasteiger partial charge in [-0.15, -0.1) is 0 Å². The summed E-state index contributed by atoms with van der Waals surface area (Å²) in [4.78, 5) is 11.2. The zero-order valence-corrected chi connectivity index (χ0v) is 13.3. The van der Waals surface area contributed by atoms with Crippen LogP contribution in [0.5, 0.6) is 0 Å². The summed E-state index contributed by atoms with van der Waals surface area (Å²) in [5.41, 5.74) is 5.37. The normalized spacial score (nSPS) is 22.9. The highest BCUT2D eigenvalue weighted by Gasteiger charge is 2.24. The Kier molecular flexibility index (Phi) is 9.73. The van der Waals surface area contributed by atoms with Crippen LogP contribution in [-0.4, -0.2) is 18.5 Å². The van der Waals surface area contributed by atoms with E-state index in [-0.39, 0.29) is 11.9 Å². The zero-order valence-electron chi connectivity index (χ0n) is 13.3. The predicted octanol–water partition coefficient (Wildman–Crippen LogP) is 3.76. The first-order chi connectivity index (χ1) is 9.74. The third-order valence-electron chi connectivity index (χ3n) is 4.57. The van der Waals surface area contributed by atoms with Crippen molar-refractivity contribution in [3.05, 3.63) is 0 Å². The molecule has 0 aromatic rings. The molecule has 1 fully saturated rings. The lowest BCUT2D eigenvalue weighted by Crippen LogP contribution is -2.46. The molecule has 118 valence electrons. The number of piperidine rings is 1. The first-order valence-electron chi connectivity index (χ1n) is 8.76. The molecule has 0 aromatic carbocycles. The topological polar surface area (TPSA) is 55.1 Å². The van der Waals surface area contributed by atoms with Gasteiger partial charge in [-0.2, -0.15) is 0 Å². The van der Waals surface area contributed by atoms with Crippen LogP contribution in [0.25, 0.3) is 0 Å². The molecule has 3 heteroatoms. The second-order valence-electron chi connectivity index (χ2n) is 6.42. The number of nitrogens with one attached hydrogen (secondary N) is 1. The molecule has 0 aromatic heterocycles. The lowest BCUT2D eigenvalue weighted by atomic mass is 9.87. The average Bonchev–Trinajstić information content (AvgIpc) is 2.46. The maximum Gasteiger partial charge on any atom is 0.234 e. The fourth-order valence-electron chi connectivity index (χ4n) is 3.22. The molecule has 1 saturated heterocycles. The molecule has 20 heavy (non-hydrogen) atoms. The fourth-order valence-corrected chi connectivity index (χ4v) is 3.22. The van der Waals surface area contributed by atoms with E-state index in [9.17, 15) is 4.79 Å². The highest BCUT2D eigenvalue weighted by Crippen LogP contribution is 2.23. The molecule has 0 aliphatic carbocycles. The molecule has 1 aliphatic heterocycles. The molecular formula is C17H34N2O. The Bertz CT molecular complexity index is 255. The smallest absolute Gasteiger partial charge is 0.234 e. The van der Waals surface area contributed by atoms with Crippen LogP contribution in [0.3, 0.4) is 0 Å². The van der Waals surface area contributed by atoms with Crippen LogP contribution < -0.4 is 11.1 Å². The molecular weight excluding hydrogens is 248 g/mol. The zero-order chi connectivity index (χ0) is 14.6. The fraction of sp³-hybridized carbons (Fsp3) is 0.941. The van der Waals surface area contributed by atoms with E-state index in [1.54, 1.807) is 0 Å². The van der Waals surface area contributed by atoms with Crippen molar-refractivity contribution in [3.63, 3.8) is 0 Å².